The van der Waals surface area contributed by atoms with Crippen LogP contribution < -0.4 is 10.1 Å². The van der Waals surface area contributed by atoms with E-state index in [1.54, 1.807) is 30.9 Å². The van der Waals surface area contributed by atoms with Crippen LogP contribution >= 0.6 is 11.6 Å². The van der Waals surface area contributed by atoms with E-state index in [2.05, 4.69) is 10.3 Å². The monoisotopic (exact) mass is 515 g/mol. The highest BCUT2D eigenvalue weighted by molar-refractivity contribution is 6.31. The third kappa shape index (κ3) is 5.68. The molecule has 2 heterocycles. The SMILES string of the molecule is CCOC(=O)NC[C@@H](O)COc1ccc([C@H]2c3[nH]c4ccc(Cl)cc4c3CCN2C(=O)OCC)cc1. The van der Waals surface area contributed by atoms with E-state index in [0.29, 0.717) is 23.7 Å². The summed E-state index contributed by atoms with van der Waals surface area (Å²) in [7, 11) is 0. The number of aromatic amines is 1. The van der Waals surface area contributed by atoms with Gasteiger partial charge in [0.1, 0.15) is 24.5 Å². The van der Waals surface area contributed by atoms with Gasteiger partial charge in [0.05, 0.1) is 19.8 Å². The predicted octanol–water partition coefficient (Wildman–Crippen LogP) is 4.41. The maximum atomic E-state index is 12.8. The number of fused-ring (bicyclic) bond motifs is 3. The molecule has 2 amide bonds. The van der Waals surface area contributed by atoms with Crippen LogP contribution in [-0.2, 0) is 15.9 Å². The summed E-state index contributed by atoms with van der Waals surface area (Å²) in [6.45, 7) is 4.56. The molecule has 3 aromatic rings. The average molecular weight is 516 g/mol. The lowest BCUT2D eigenvalue weighted by molar-refractivity contribution is 0.0931. The second-order valence-corrected chi connectivity index (χ2v) is 8.82. The fraction of sp³-hybridized carbons (Fsp3) is 0.385. The van der Waals surface area contributed by atoms with Crippen LogP contribution in [0.1, 0.15) is 36.7 Å². The smallest absolute Gasteiger partial charge is 0.410 e. The van der Waals surface area contributed by atoms with Gasteiger partial charge in [-0.25, -0.2) is 9.59 Å². The fourth-order valence-corrected chi connectivity index (χ4v) is 4.56. The van der Waals surface area contributed by atoms with E-state index in [4.69, 9.17) is 25.8 Å². The minimum atomic E-state index is -0.896. The molecule has 1 aliphatic heterocycles. The minimum absolute atomic E-state index is 0.00292. The maximum absolute atomic E-state index is 12.8. The van der Waals surface area contributed by atoms with E-state index >= 15 is 0 Å². The Morgan fingerprint density at radius 2 is 1.92 bits per heavy atom. The third-order valence-corrected chi connectivity index (χ3v) is 6.22. The number of aromatic nitrogens is 1. The van der Waals surface area contributed by atoms with Crippen molar-refractivity contribution < 1.29 is 28.9 Å². The van der Waals surface area contributed by atoms with Gasteiger partial charge in [0, 0.05) is 28.2 Å². The number of rotatable bonds is 8. The molecule has 0 aliphatic carbocycles. The number of ether oxygens (including phenoxy) is 3. The molecule has 10 heteroatoms. The summed E-state index contributed by atoms with van der Waals surface area (Å²) in [4.78, 5) is 29.4. The summed E-state index contributed by atoms with van der Waals surface area (Å²) in [5.74, 6) is 0.552. The zero-order valence-corrected chi connectivity index (χ0v) is 21.0. The van der Waals surface area contributed by atoms with Crippen LogP contribution in [0.5, 0.6) is 5.75 Å². The van der Waals surface area contributed by atoms with E-state index in [1.807, 2.05) is 30.3 Å². The third-order valence-electron chi connectivity index (χ3n) is 5.99. The van der Waals surface area contributed by atoms with Crippen LogP contribution in [0, 0.1) is 0 Å². The number of alkyl carbamates (subject to hydrolysis) is 1. The highest BCUT2D eigenvalue weighted by atomic mass is 35.5. The Bertz CT molecular complexity index is 1210. The molecule has 0 unspecified atom stereocenters. The molecule has 2 atom stereocenters. The van der Waals surface area contributed by atoms with E-state index in [9.17, 15) is 14.7 Å². The molecule has 9 nitrogen and oxygen atoms in total. The van der Waals surface area contributed by atoms with Gasteiger partial charge in [-0.2, -0.15) is 0 Å². The molecule has 4 rings (SSSR count). The first kappa shape index (κ1) is 25.7. The molecule has 2 aromatic carbocycles. The Morgan fingerprint density at radius 1 is 1.17 bits per heavy atom. The van der Waals surface area contributed by atoms with Crippen molar-refractivity contribution >= 4 is 34.7 Å². The van der Waals surface area contributed by atoms with Crippen molar-refractivity contribution in [1.82, 2.24) is 15.2 Å². The van der Waals surface area contributed by atoms with Crippen molar-refractivity contribution in [2.75, 3.05) is 32.9 Å². The molecule has 0 saturated heterocycles. The van der Waals surface area contributed by atoms with Crippen LogP contribution in [0.15, 0.2) is 42.5 Å². The molecule has 3 N–H and O–H groups in total. The van der Waals surface area contributed by atoms with Gasteiger partial charge in [0.25, 0.3) is 0 Å². The van der Waals surface area contributed by atoms with Crippen molar-refractivity contribution in [3.05, 3.63) is 64.3 Å². The van der Waals surface area contributed by atoms with Gasteiger partial charge < -0.3 is 29.6 Å². The van der Waals surface area contributed by atoms with Crippen molar-refractivity contribution in [3.63, 3.8) is 0 Å². The largest absolute Gasteiger partial charge is 0.491 e. The van der Waals surface area contributed by atoms with E-state index in [-0.39, 0.29) is 38.5 Å². The number of nitrogens with zero attached hydrogens (tertiary/aromatic N) is 1. The van der Waals surface area contributed by atoms with Crippen molar-refractivity contribution in [2.45, 2.75) is 32.4 Å². The Hall–Kier alpha value is -3.43. The summed E-state index contributed by atoms with van der Waals surface area (Å²) >= 11 is 6.25. The first-order chi connectivity index (χ1) is 17.4. The van der Waals surface area contributed by atoms with Crippen LogP contribution in [-0.4, -0.2) is 66.2 Å². The number of nitrogens with one attached hydrogen (secondary N) is 2. The molecule has 1 aromatic heterocycles. The highest BCUT2D eigenvalue weighted by Gasteiger charge is 2.35. The van der Waals surface area contributed by atoms with Gasteiger partial charge in [0.15, 0.2) is 0 Å². The Morgan fingerprint density at radius 3 is 2.64 bits per heavy atom. The molecular formula is C26H30ClN3O6. The molecule has 0 saturated carbocycles. The Kier molecular flexibility index (Phi) is 8.22. The number of benzene rings is 2. The van der Waals surface area contributed by atoms with Crippen molar-refractivity contribution in [1.29, 1.82) is 0 Å². The minimum Gasteiger partial charge on any atom is -0.491 e. The Labute approximate surface area is 214 Å². The number of hydrogen-bond acceptors (Lipinski definition) is 6. The van der Waals surface area contributed by atoms with Crippen LogP contribution in [0.2, 0.25) is 5.02 Å². The lowest BCUT2D eigenvalue weighted by atomic mass is 9.92. The molecule has 1 aliphatic rings. The molecular weight excluding hydrogens is 486 g/mol. The summed E-state index contributed by atoms with van der Waals surface area (Å²) in [5.41, 5.74) is 3.92. The lowest BCUT2D eigenvalue weighted by Gasteiger charge is -2.35. The van der Waals surface area contributed by atoms with Gasteiger partial charge in [-0.3, -0.25) is 4.90 Å². The van der Waals surface area contributed by atoms with Gasteiger partial charge in [-0.15, -0.1) is 0 Å². The summed E-state index contributed by atoms with van der Waals surface area (Å²) < 4.78 is 15.8. The Balaban J connectivity index is 1.53. The zero-order chi connectivity index (χ0) is 25.7. The van der Waals surface area contributed by atoms with Gasteiger partial charge >= 0.3 is 12.2 Å². The van der Waals surface area contributed by atoms with Gasteiger partial charge in [-0.1, -0.05) is 23.7 Å². The molecule has 0 fully saturated rings. The summed E-state index contributed by atoms with van der Waals surface area (Å²) in [6, 6.07) is 12.7. The second-order valence-electron chi connectivity index (χ2n) is 8.39. The molecule has 0 radical (unpaired) electrons. The number of halogens is 1. The number of hydrogen-bond donors (Lipinski definition) is 3. The van der Waals surface area contributed by atoms with Gasteiger partial charge in [-0.05, 0) is 61.7 Å². The average Bonchev–Trinajstić information content (AvgIpc) is 3.24. The number of carbonyl (C=O) groups is 2. The number of amides is 2. The fourth-order valence-electron chi connectivity index (χ4n) is 4.39. The lowest BCUT2D eigenvalue weighted by Crippen LogP contribution is -2.41. The van der Waals surface area contributed by atoms with E-state index in [1.165, 1.54) is 0 Å². The first-order valence-electron chi connectivity index (χ1n) is 12.0. The van der Waals surface area contributed by atoms with E-state index in [0.717, 1.165) is 27.7 Å². The van der Waals surface area contributed by atoms with Gasteiger partial charge in [0.2, 0.25) is 0 Å². The van der Waals surface area contributed by atoms with Crippen LogP contribution in [0.25, 0.3) is 10.9 Å². The molecule has 0 spiro atoms. The standard InChI is InChI=1S/C26H30ClN3O6/c1-3-34-25(32)28-14-18(31)15-36-19-8-5-16(6-9-19)24-23-20(11-12-30(24)26(33)35-4-2)21-13-17(27)7-10-22(21)29-23/h5-10,13,18,24,29,31H,3-4,11-12,14-15H2,1-2H3,(H,28,32)/t18-,24+/m1/s1. The topological polar surface area (TPSA) is 113 Å². The first-order valence-corrected chi connectivity index (χ1v) is 12.3. The van der Waals surface area contributed by atoms with Crippen molar-refractivity contribution in [3.8, 4) is 5.75 Å². The maximum Gasteiger partial charge on any atom is 0.410 e. The summed E-state index contributed by atoms with van der Waals surface area (Å²) in [5, 5.41) is 14.2. The number of aliphatic hydroxyl groups is 1. The zero-order valence-electron chi connectivity index (χ0n) is 20.3. The molecule has 0 bridgehead atoms. The summed E-state index contributed by atoms with van der Waals surface area (Å²) in [6.07, 6.45) is -1.17. The van der Waals surface area contributed by atoms with Crippen LogP contribution in [0.4, 0.5) is 9.59 Å². The van der Waals surface area contributed by atoms with Crippen molar-refractivity contribution in [2.24, 2.45) is 0 Å². The number of carbonyl (C=O) groups excluding carboxylic acids is 2. The quantitative estimate of drug-likeness (QED) is 0.409. The number of H-pyrrole nitrogens is 1. The highest BCUT2D eigenvalue weighted by Crippen LogP contribution is 2.39. The normalized spacial score (nSPS) is 15.8. The molecule has 192 valence electrons. The number of aliphatic hydroxyl groups excluding tert-OH is 1. The van der Waals surface area contributed by atoms with Crippen LogP contribution in [0.3, 0.4) is 0 Å². The molecule has 36 heavy (non-hydrogen) atoms. The van der Waals surface area contributed by atoms with E-state index < -0.39 is 12.2 Å². The predicted molar refractivity (Wildman–Crippen MR) is 136 cm³/mol. The second kappa shape index (κ2) is 11.5.